The quantitative estimate of drug-likeness (QED) is 0.149. The van der Waals surface area contributed by atoms with Crippen LogP contribution >= 0.6 is 11.6 Å². The molecule has 0 unspecified atom stereocenters. The number of aromatic amines is 2. The summed E-state index contributed by atoms with van der Waals surface area (Å²) in [6, 6.07) is 12.7. The summed E-state index contributed by atoms with van der Waals surface area (Å²) < 4.78 is 22.7. The Bertz CT molecular complexity index is 2170. The zero-order valence-corrected chi connectivity index (χ0v) is 29.6. The lowest BCUT2D eigenvalue weighted by atomic mass is 9.98. The first-order chi connectivity index (χ1) is 24.8. The fourth-order valence-electron chi connectivity index (χ4n) is 7.91. The Morgan fingerprint density at radius 2 is 1.61 bits per heavy atom. The topological polar surface area (TPSA) is 133 Å². The normalized spacial score (nSPS) is 17.0. The third-order valence-electron chi connectivity index (χ3n) is 10.4. The molecule has 5 aromatic rings. The van der Waals surface area contributed by atoms with E-state index in [1.807, 2.05) is 18.2 Å². The molecule has 2 amide bonds. The largest absolute Gasteiger partial charge is 0.506 e. The van der Waals surface area contributed by atoms with Gasteiger partial charge in [-0.2, -0.15) is 0 Å². The van der Waals surface area contributed by atoms with Crippen molar-refractivity contribution in [2.45, 2.75) is 25.2 Å². The number of fused-ring (bicyclic) bond motifs is 5. The number of H-pyrrole nitrogens is 2. The lowest BCUT2D eigenvalue weighted by Gasteiger charge is -2.17. The van der Waals surface area contributed by atoms with Crippen molar-refractivity contribution in [3.05, 3.63) is 65.0 Å². The van der Waals surface area contributed by atoms with E-state index < -0.39 is 0 Å². The van der Waals surface area contributed by atoms with Gasteiger partial charge in [-0.3, -0.25) is 14.5 Å². The number of rotatable bonds is 10. The number of nitrogens with zero attached hydrogens (tertiary/aromatic N) is 3. The van der Waals surface area contributed by atoms with Crippen molar-refractivity contribution < 1.29 is 33.6 Å². The van der Waals surface area contributed by atoms with E-state index in [1.54, 1.807) is 34.1 Å². The number of carbonyl (C=O) groups excluding carboxylic acids is 2. The fraction of sp³-hybridized carbons (Fsp3) is 0.368. The van der Waals surface area contributed by atoms with Gasteiger partial charge in [-0.25, -0.2) is 0 Å². The van der Waals surface area contributed by atoms with Gasteiger partial charge >= 0.3 is 0 Å². The molecule has 3 aromatic carbocycles. The van der Waals surface area contributed by atoms with Gasteiger partial charge in [-0.05, 0) is 79.9 Å². The van der Waals surface area contributed by atoms with Crippen LogP contribution < -0.4 is 28.7 Å². The molecule has 3 aliphatic rings. The molecule has 1 saturated heterocycles. The summed E-state index contributed by atoms with van der Waals surface area (Å²) in [6.07, 6.45) is 3.22. The zero-order chi connectivity index (χ0) is 35.4. The molecule has 51 heavy (non-hydrogen) atoms. The number of aromatic hydroxyl groups is 1. The van der Waals surface area contributed by atoms with Gasteiger partial charge in [0.25, 0.3) is 11.8 Å². The van der Waals surface area contributed by atoms with E-state index in [0.29, 0.717) is 75.8 Å². The second-order valence-corrected chi connectivity index (χ2v) is 13.6. The molecule has 0 bridgehead atoms. The number of hydrogen-bond acceptors (Lipinski definition) is 8. The minimum atomic E-state index is -0.307. The number of halogens is 1. The number of benzene rings is 3. The van der Waals surface area contributed by atoms with Gasteiger partial charge in [0.05, 0.1) is 38.1 Å². The second kappa shape index (κ2) is 13.2. The smallest absolute Gasteiger partial charge is 0.274 e. The van der Waals surface area contributed by atoms with Gasteiger partial charge < -0.3 is 43.8 Å². The minimum Gasteiger partial charge on any atom is -0.506 e. The number of likely N-dealkylation sites (tertiary alicyclic amines) is 1. The van der Waals surface area contributed by atoms with Crippen LogP contribution in [0, 0.1) is 0 Å². The van der Waals surface area contributed by atoms with Crippen molar-refractivity contribution in [1.29, 1.82) is 0 Å². The van der Waals surface area contributed by atoms with Crippen LogP contribution in [0.25, 0.3) is 21.8 Å². The molecule has 1 atom stereocenters. The van der Waals surface area contributed by atoms with Crippen LogP contribution in [0.15, 0.2) is 42.5 Å². The molecule has 2 aromatic heterocycles. The predicted molar refractivity (Wildman–Crippen MR) is 196 cm³/mol. The van der Waals surface area contributed by atoms with Gasteiger partial charge in [-0.1, -0.05) is 0 Å². The Hall–Kier alpha value is -5.07. The van der Waals surface area contributed by atoms with Crippen molar-refractivity contribution in [1.82, 2.24) is 14.9 Å². The van der Waals surface area contributed by atoms with Crippen LogP contribution in [0.5, 0.6) is 28.7 Å². The van der Waals surface area contributed by atoms with Crippen molar-refractivity contribution in [3.8, 4) is 28.7 Å². The Balaban J connectivity index is 1.07. The van der Waals surface area contributed by atoms with E-state index in [-0.39, 0.29) is 29.4 Å². The minimum absolute atomic E-state index is 0.0684. The highest BCUT2D eigenvalue weighted by molar-refractivity contribution is 6.20. The summed E-state index contributed by atoms with van der Waals surface area (Å²) in [7, 11) is 4.58. The van der Waals surface area contributed by atoms with E-state index in [1.165, 1.54) is 34.2 Å². The second-order valence-electron chi connectivity index (χ2n) is 13.3. The molecule has 12 nitrogen and oxygen atoms in total. The van der Waals surface area contributed by atoms with Crippen LogP contribution in [0.2, 0.25) is 0 Å². The SMILES string of the molecule is COc1cc2cc(C(=O)N3C[C@@H](CCl)c4c3cc(O)c3[nH]c(C(=O)N5CCc6cc(OCCN7CCCC7)ccc65)cc43)[nH]c2c(OC)c1OC. The number of methoxy groups -OCH3 is 3. The highest BCUT2D eigenvalue weighted by Gasteiger charge is 2.37. The molecular formula is C38H40ClN5O7. The van der Waals surface area contributed by atoms with Crippen molar-refractivity contribution >= 4 is 56.6 Å². The van der Waals surface area contributed by atoms with Crippen LogP contribution in [-0.4, -0.2) is 98.3 Å². The first-order valence-corrected chi connectivity index (χ1v) is 17.7. The lowest BCUT2D eigenvalue weighted by Crippen LogP contribution is -2.30. The summed E-state index contributed by atoms with van der Waals surface area (Å²) >= 11 is 6.52. The molecular weight excluding hydrogens is 674 g/mol. The zero-order valence-electron chi connectivity index (χ0n) is 28.8. The van der Waals surface area contributed by atoms with Crippen LogP contribution in [0.1, 0.15) is 50.9 Å². The van der Waals surface area contributed by atoms with Crippen molar-refractivity contribution in [2.75, 3.05) is 76.3 Å². The number of amides is 2. The van der Waals surface area contributed by atoms with Crippen LogP contribution in [0.4, 0.5) is 11.4 Å². The Labute approximate surface area is 299 Å². The van der Waals surface area contributed by atoms with E-state index >= 15 is 0 Å². The first-order valence-electron chi connectivity index (χ1n) is 17.2. The third kappa shape index (κ3) is 5.57. The Kier molecular flexibility index (Phi) is 8.59. The van der Waals surface area contributed by atoms with Gasteiger partial charge in [0.15, 0.2) is 11.5 Å². The average molecular weight is 714 g/mol. The third-order valence-corrected chi connectivity index (χ3v) is 10.8. The monoisotopic (exact) mass is 713 g/mol. The molecule has 13 heteroatoms. The summed E-state index contributed by atoms with van der Waals surface area (Å²) in [6.45, 7) is 4.65. The molecule has 3 aliphatic heterocycles. The standard InChI is InChI=1S/C38H40ClN5O7/c1-48-31-16-22-15-26(40-33(22)36(50-3)35(31)49-2)38(47)44-20-23(19-39)32-25-17-27(41-34(25)30(45)18-29(32)44)37(46)43-11-8-21-14-24(6-7-28(21)43)51-13-12-42-9-4-5-10-42/h6-7,14-18,23,40-41,45H,4-5,8-13,19-20H2,1-3H3/t23-/m1/s1. The van der Waals surface area contributed by atoms with Gasteiger partial charge in [0, 0.05) is 54.0 Å². The molecule has 266 valence electrons. The maximum absolute atomic E-state index is 14.1. The van der Waals surface area contributed by atoms with E-state index in [4.69, 9.17) is 30.5 Å². The lowest BCUT2D eigenvalue weighted by molar-refractivity contribution is 0.0977. The fourth-order valence-corrected chi connectivity index (χ4v) is 8.16. The van der Waals surface area contributed by atoms with Crippen molar-refractivity contribution in [3.63, 3.8) is 0 Å². The summed E-state index contributed by atoms with van der Waals surface area (Å²) in [5, 5.41) is 12.6. The number of nitrogens with one attached hydrogen (secondary N) is 2. The predicted octanol–water partition coefficient (Wildman–Crippen LogP) is 6.04. The number of hydrogen-bond donors (Lipinski definition) is 3. The highest BCUT2D eigenvalue weighted by Crippen LogP contribution is 2.47. The number of phenols is 1. The Morgan fingerprint density at radius 1 is 0.863 bits per heavy atom. The number of phenolic OH excluding ortho intramolecular Hbond substituents is 1. The Morgan fingerprint density at radius 3 is 2.35 bits per heavy atom. The van der Waals surface area contributed by atoms with Gasteiger partial charge in [0.1, 0.15) is 29.5 Å². The first kappa shape index (κ1) is 33.1. The maximum Gasteiger partial charge on any atom is 0.274 e. The molecule has 3 N–H and O–H groups in total. The molecule has 8 rings (SSSR count). The highest BCUT2D eigenvalue weighted by atomic mass is 35.5. The summed E-state index contributed by atoms with van der Waals surface area (Å²) in [5.74, 6) is 1.53. The molecule has 0 spiro atoms. The molecule has 1 fully saturated rings. The van der Waals surface area contributed by atoms with Crippen LogP contribution in [-0.2, 0) is 6.42 Å². The number of alkyl halides is 1. The maximum atomic E-state index is 14.1. The van der Waals surface area contributed by atoms with E-state index in [0.717, 1.165) is 48.6 Å². The van der Waals surface area contributed by atoms with Crippen LogP contribution in [0.3, 0.4) is 0 Å². The van der Waals surface area contributed by atoms with E-state index in [9.17, 15) is 14.7 Å². The molecule has 5 heterocycles. The summed E-state index contributed by atoms with van der Waals surface area (Å²) in [4.78, 5) is 40.3. The number of aromatic nitrogens is 2. The average Bonchev–Trinajstić information content (AvgIpc) is 3.99. The van der Waals surface area contributed by atoms with Crippen molar-refractivity contribution in [2.24, 2.45) is 0 Å². The number of anilines is 2. The number of ether oxygens (including phenoxy) is 4. The summed E-state index contributed by atoms with van der Waals surface area (Å²) in [5.41, 5.74) is 4.92. The molecule has 0 aliphatic carbocycles. The van der Waals surface area contributed by atoms with E-state index in [2.05, 4.69) is 14.9 Å². The number of carbonyl (C=O) groups is 2. The van der Waals surface area contributed by atoms with Gasteiger partial charge in [0.2, 0.25) is 5.75 Å². The molecule has 0 saturated carbocycles. The van der Waals surface area contributed by atoms with Gasteiger partial charge in [-0.15, -0.1) is 11.6 Å². The molecule has 0 radical (unpaired) electrons.